The van der Waals surface area contributed by atoms with Gasteiger partial charge in [-0.1, -0.05) is 32.4 Å². The summed E-state index contributed by atoms with van der Waals surface area (Å²) in [6.07, 6.45) is 7.38. The lowest BCUT2D eigenvalue weighted by Gasteiger charge is -2.36. The highest BCUT2D eigenvalue weighted by molar-refractivity contribution is 7.19. The van der Waals surface area contributed by atoms with Crippen molar-refractivity contribution in [3.05, 3.63) is 51.9 Å². The number of aryl methyl sites for hydroxylation is 2. The molecule has 2 aromatic heterocycles. The second-order valence-corrected chi connectivity index (χ2v) is 10.7. The van der Waals surface area contributed by atoms with Crippen LogP contribution in [0.4, 0.5) is 10.2 Å². The van der Waals surface area contributed by atoms with Crippen LogP contribution < -0.4 is 4.90 Å². The molecule has 3 heterocycles. The Hall–Kier alpha value is -2.54. The van der Waals surface area contributed by atoms with Crippen molar-refractivity contribution in [2.24, 2.45) is 0 Å². The van der Waals surface area contributed by atoms with Crippen LogP contribution in [0.1, 0.15) is 67.3 Å². The maximum atomic E-state index is 13.2. The number of nitrogens with zero attached hydrogens (tertiary/aromatic N) is 4. The minimum atomic E-state index is -0.274. The summed E-state index contributed by atoms with van der Waals surface area (Å²) in [6, 6.07) is 6.22. The number of carbonyl (C=O) groups is 1. The molecule has 1 fully saturated rings. The van der Waals surface area contributed by atoms with Gasteiger partial charge in [0.2, 0.25) is 5.91 Å². The zero-order valence-electron chi connectivity index (χ0n) is 20.1. The van der Waals surface area contributed by atoms with Gasteiger partial charge < -0.3 is 9.80 Å². The third kappa shape index (κ3) is 4.67. The second kappa shape index (κ2) is 9.98. The Morgan fingerprint density at radius 2 is 1.79 bits per heavy atom. The van der Waals surface area contributed by atoms with Crippen molar-refractivity contribution in [1.29, 1.82) is 0 Å². The predicted octanol–water partition coefficient (Wildman–Crippen LogP) is 5.50. The molecule has 0 unspecified atom stereocenters. The molecule has 2 aliphatic rings. The number of aromatic nitrogens is 2. The fourth-order valence-electron chi connectivity index (χ4n) is 5.02. The average Bonchev–Trinajstić information content (AvgIpc) is 3.05. The van der Waals surface area contributed by atoms with Crippen LogP contribution >= 0.6 is 11.3 Å². The van der Waals surface area contributed by atoms with E-state index in [0.717, 1.165) is 54.4 Å². The van der Waals surface area contributed by atoms with E-state index in [9.17, 15) is 9.18 Å². The molecule has 1 aromatic carbocycles. The van der Waals surface area contributed by atoms with E-state index in [1.165, 1.54) is 47.2 Å². The maximum Gasteiger partial charge on any atom is 0.227 e. The van der Waals surface area contributed by atoms with E-state index in [-0.39, 0.29) is 11.7 Å². The van der Waals surface area contributed by atoms with E-state index >= 15 is 0 Å². The predicted molar refractivity (Wildman–Crippen MR) is 136 cm³/mol. The van der Waals surface area contributed by atoms with Gasteiger partial charge in [-0.15, -0.1) is 11.3 Å². The monoisotopic (exact) mass is 480 g/mol. The number of hydrogen-bond acceptors (Lipinski definition) is 5. The first-order valence-electron chi connectivity index (χ1n) is 12.6. The van der Waals surface area contributed by atoms with Crippen LogP contribution in [0.5, 0.6) is 0 Å². The molecule has 7 heteroatoms. The number of benzene rings is 1. The van der Waals surface area contributed by atoms with E-state index in [4.69, 9.17) is 9.97 Å². The van der Waals surface area contributed by atoms with Crippen molar-refractivity contribution in [2.45, 2.75) is 64.7 Å². The van der Waals surface area contributed by atoms with E-state index in [1.807, 2.05) is 16.2 Å². The van der Waals surface area contributed by atoms with Crippen LogP contribution in [0.15, 0.2) is 24.3 Å². The van der Waals surface area contributed by atoms with Crippen LogP contribution in [-0.4, -0.2) is 47.0 Å². The number of halogens is 1. The molecule has 1 atom stereocenters. The van der Waals surface area contributed by atoms with Gasteiger partial charge in [-0.05, 0) is 55.4 Å². The third-order valence-electron chi connectivity index (χ3n) is 7.32. The highest BCUT2D eigenvalue weighted by atomic mass is 32.1. The molecule has 0 N–H and O–H groups in total. The Labute approximate surface area is 205 Å². The lowest BCUT2D eigenvalue weighted by atomic mass is 10.1. The minimum absolute atomic E-state index is 0.101. The van der Waals surface area contributed by atoms with Crippen molar-refractivity contribution >= 4 is 33.3 Å². The SMILES string of the molecule is CC[C@H](C)c1nc(N2CCN(C(=O)Cc3ccc(F)cc3)CC2)c2c3c(sc2n1)CCCCC3. The van der Waals surface area contributed by atoms with Crippen molar-refractivity contribution in [1.82, 2.24) is 14.9 Å². The van der Waals surface area contributed by atoms with Gasteiger partial charge in [0.1, 0.15) is 22.3 Å². The lowest BCUT2D eigenvalue weighted by molar-refractivity contribution is -0.130. The molecule has 180 valence electrons. The third-order valence-corrected chi connectivity index (χ3v) is 8.50. The van der Waals surface area contributed by atoms with Crippen molar-refractivity contribution in [3.8, 4) is 0 Å². The molecular weight excluding hydrogens is 447 g/mol. The van der Waals surface area contributed by atoms with Gasteiger partial charge in [0.15, 0.2) is 0 Å². The molecule has 0 spiro atoms. The summed E-state index contributed by atoms with van der Waals surface area (Å²) < 4.78 is 13.2. The Bertz CT molecular complexity index is 1170. The highest BCUT2D eigenvalue weighted by Gasteiger charge is 2.27. The standard InChI is InChI=1S/C27H33FN4OS/c1-3-18(2)25-29-26(24-21-7-5-4-6-8-22(21)34-27(24)30-25)32-15-13-31(14-16-32)23(33)17-19-9-11-20(28)12-10-19/h9-12,18H,3-8,13-17H2,1-2H3/t18-/m0/s1. The molecule has 34 heavy (non-hydrogen) atoms. The van der Waals surface area contributed by atoms with Gasteiger partial charge in [0, 0.05) is 37.0 Å². The Morgan fingerprint density at radius 3 is 2.53 bits per heavy atom. The molecule has 0 saturated carbocycles. The van der Waals surface area contributed by atoms with Gasteiger partial charge in [0.25, 0.3) is 0 Å². The summed E-state index contributed by atoms with van der Waals surface area (Å²) in [4.78, 5) is 30.0. The zero-order chi connectivity index (χ0) is 23.7. The number of rotatable bonds is 5. The van der Waals surface area contributed by atoms with Crippen LogP contribution in [0, 0.1) is 5.82 Å². The number of fused-ring (bicyclic) bond motifs is 3. The number of thiophene rings is 1. The molecule has 3 aromatic rings. The molecule has 5 nitrogen and oxygen atoms in total. The number of amides is 1. The zero-order valence-corrected chi connectivity index (χ0v) is 21.0. The summed E-state index contributed by atoms with van der Waals surface area (Å²) in [5.74, 6) is 2.16. The highest BCUT2D eigenvalue weighted by Crippen LogP contribution is 2.40. The summed E-state index contributed by atoms with van der Waals surface area (Å²) >= 11 is 1.87. The van der Waals surface area contributed by atoms with Crippen molar-refractivity contribution in [3.63, 3.8) is 0 Å². The first kappa shape index (κ1) is 23.2. The molecule has 1 aliphatic carbocycles. The Morgan fingerprint density at radius 1 is 1.06 bits per heavy atom. The maximum absolute atomic E-state index is 13.2. The number of anilines is 1. The molecule has 0 radical (unpaired) electrons. The first-order chi connectivity index (χ1) is 16.5. The van der Waals surface area contributed by atoms with E-state index in [1.54, 1.807) is 12.1 Å². The normalized spacial score (nSPS) is 17.5. The van der Waals surface area contributed by atoms with E-state index < -0.39 is 0 Å². The molecule has 1 saturated heterocycles. The van der Waals surface area contributed by atoms with Gasteiger partial charge in [-0.25, -0.2) is 14.4 Å². The average molecular weight is 481 g/mol. The lowest BCUT2D eigenvalue weighted by Crippen LogP contribution is -2.49. The number of piperazine rings is 1. The van der Waals surface area contributed by atoms with Crippen molar-refractivity contribution in [2.75, 3.05) is 31.1 Å². The molecule has 1 aliphatic heterocycles. The van der Waals surface area contributed by atoms with Gasteiger partial charge in [0.05, 0.1) is 11.8 Å². The molecule has 1 amide bonds. The minimum Gasteiger partial charge on any atom is -0.352 e. The molecule has 5 rings (SSSR count). The summed E-state index contributed by atoms with van der Waals surface area (Å²) in [5.41, 5.74) is 2.32. The summed E-state index contributed by atoms with van der Waals surface area (Å²) in [5, 5.41) is 1.26. The van der Waals surface area contributed by atoms with Gasteiger partial charge >= 0.3 is 0 Å². The largest absolute Gasteiger partial charge is 0.352 e. The summed E-state index contributed by atoms with van der Waals surface area (Å²) in [6.45, 7) is 7.28. The van der Waals surface area contributed by atoms with Gasteiger partial charge in [-0.3, -0.25) is 4.79 Å². The number of carbonyl (C=O) groups excluding carboxylic acids is 1. The first-order valence-corrected chi connectivity index (χ1v) is 13.4. The topological polar surface area (TPSA) is 49.3 Å². The smallest absolute Gasteiger partial charge is 0.227 e. The molecule has 0 bridgehead atoms. The van der Waals surface area contributed by atoms with Crippen LogP contribution in [0.2, 0.25) is 0 Å². The van der Waals surface area contributed by atoms with Crippen LogP contribution in [0.25, 0.3) is 10.2 Å². The van der Waals surface area contributed by atoms with Gasteiger partial charge in [-0.2, -0.15) is 0 Å². The fraction of sp³-hybridized carbons (Fsp3) is 0.519. The number of hydrogen-bond donors (Lipinski definition) is 0. The quantitative estimate of drug-likeness (QED) is 0.452. The Kier molecular flexibility index (Phi) is 6.82. The second-order valence-electron chi connectivity index (χ2n) is 9.63. The van der Waals surface area contributed by atoms with Crippen LogP contribution in [-0.2, 0) is 24.1 Å². The fourth-order valence-corrected chi connectivity index (χ4v) is 6.28. The summed E-state index contributed by atoms with van der Waals surface area (Å²) in [7, 11) is 0. The van der Waals surface area contributed by atoms with Crippen molar-refractivity contribution < 1.29 is 9.18 Å². The molecular formula is C27H33FN4OS. The van der Waals surface area contributed by atoms with E-state index in [2.05, 4.69) is 18.7 Å². The van der Waals surface area contributed by atoms with E-state index in [0.29, 0.717) is 25.4 Å². The Balaban J connectivity index is 1.39. The van der Waals surface area contributed by atoms with Crippen LogP contribution in [0.3, 0.4) is 0 Å².